The number of urea groups is 1. The molecule has 2 amide bonds. The summed E-state index contributed by atoms with van der Waals surface area (Å²) in [6.07, 6.45) is 2.31. The molecular formula is C19H20N2OS. The van der Waals surface area contributed by atoms with Crippen molar-refractivity contribution in [2.45, 2.75) is 29.6 Å². The van der Waals surface area contributed by atoms with Crippen LogP contribution in [0.1, 0.15) is 19.8 Å². The lowest BCUT2D eigenvalue weighted by Crippen LogP contribution is -2.46. The molecule has 4 rings (SSSR count). The van der Waals surface area contributed by atoms with Crippen LogP contribution in [0.25, 0.3) is 0 Å². The Bertz CT molecular complexity index is 700. The van der Waals surface area contributed by atoms with Crippen LogP contribution < -0.4 is 4.90 Å². The molecule has 0 saturated carbocycles. The molecule has 0 unspecified atom stereocenters. The smallest absolute Gasteiger partial charge is 0.324 e. The van der Waals surface area contributed by atoms with Crippen LogP contribution in [0.5, 0.6) is 0 Å². The highest BCUT2D eigenvalue weighted by Crippen LogP contribution is 2.48. The Labute approximate surface area is 141 Å². The number of rotatable bonds is 0. The van der Waals surface area contributed by atoms with Gasteiger partial charge in [-0.3, -0.25) is 4.90 Å². The van der Waals surface area contributed by atoms with E-state index < -0.39 is 0 Å². The minimum atomic E-state index is 0.108. The van der Waals surface area contributed by atoms with E-state index in [0.29, 0.717) is 5.92 Å². The van der Waals surface area contributed by atoms with Gasteiger partial charge in [-0.05, 0) is 43.0 Å². The summed E-state index contributed by atoms with van der Waals surface area (Å²) in [6.45, 7) is 3.94. The number of fused-ring (bicyclic) bond motifs is 2. The minimum absolute atomic E-state index is 0.108. The van der Waals surface area contributed by atoms with Gasteiger partial charge in [0.25, 0.3) is 0 Å². The second-order valence-electron chi connectivity index (χ2n) is 6.35. The number of nitrogens with zero attached hydrogens (tertiary/aromatic N) is 2. The van der Waals surface area contributed by atoms with Crippen molar-refractivity contribution < 1.29 is 4.79 Å². The molecule has 2 aromatic rings. The Balaban J connectivity index is 1.76. The molecule has 1 atom stereocenters. The van der Waals surface area contributed by atoms with Gasteiger partial charge in [-0.2, -0.15) is 0 Å². The van der Waals surface area contributed by atoms with Gasteiger partial charge in [0.05, 0.1) is 11.4 Å². The van der Waals surface area contributed by atoms with Crippen LogP contribution >= 0.6 is 11.8 Å². The molecule has 2 aliphatic rings. The highest BCUT2D eigenvalue weighted by Gasteiger charge is 2.32. The van der Waals surface area contributed by atoms with E-state index in [4.69, 9.17) is 0 Å². The van der Waals surface area contributed by atoms with Gasteiger partial charge < -0.3 is 4.90 Å². The van der Waals surface area contributed by atoms with E-state index in [1.54, 1.807) is 11.8 Å². The molecule has 0 spiro atoms. The fourth-order valence-electron chi connectivity index (χ4n) is 3.42. The maximum Gasteiger partial charge on any atom is 0.329 e. The second-order valence-corrected chi connectivity index (χ2v) is 7.43. The second kappa shape index (κ2) is 5.93. The van der Waals surface area contributed by atoms with Gasteiger partial charge in [-0.15, -0.1) is 0 Å². The summed E-state index contributed by atoms with van der Waals surface area (Å²) >= 11 is 1.74. The number of benzene rings is 2. The van der Waals surface area contributed by atoms with Crippen LogP contribution in [0.15, 0.2) is 58.3 Å². The number of likely N-dealkylation sites (tertiary alicyclic amines) is 1. The van der Waals surface area contributed by atoms with E-state index in [0.717, 1.165) is 40.7 Å². The van der Waals surface area contributed by atoms with Crippen molar-refractivity contribution in [3.05, 3.63) is 48.5 Å². The summed E-state index contributed by atoms with van der Waals surface area (Å²) in [5.41, 5.74) is 2.00. The van der Waals surface area contributed by atoms with Crippen molar-refractivity contribution in [2.75, 3.05) is 18.0 Å². The summed E-state index contributed by atoms with van der Waals surface area (Å²) < 4.78 is 0. The van der Waals surface area contributed by atoms with E-state index in [1.807, 2.05) is 46.2 Å². The molecule has 2 aromatic carbocycles. The molecule has 2 heterocycles. The number of carbonyl (C=O) groups is 1. The average molecular weight is 324 g/mol. The predicted molar refractivity (Wildman–Crippen MR) is 94.5 cm³/mol. The highest BCUT2D eigenvalue weighted by atomic mass is 32.2. The largest absolute Gasteiger partial charge is 0.329 e. The summed E-state index contributed by atoms with van der Waals surface area (Å²) in [7, 11) is 0. The van der Waals surface area contributed by atoms with Crippen LogP contribution in [-0.4, -0.2) is 24.0 Å². The maximum atomic E-state index is 13.3. The molecule has 0 aliphatic carbocycles. The van der Waals surface area contributed by atoms with Crippen molar-refractivity contribution in [1.29, 1.82) is 0 Å². The van der Waals surface area contributed by atoms with Crippen molar-refractivity contribution >= 4 is 29.2 Å². The first-order valence-electron chi connectivity index (χ1n) is 8.19. The van der Waals surface area contributed by atoms with E-state index >= 15 is 0 Å². The van der Waals surface area contributed by atoms with Gasteiger partial charge in [0.1, 0.15) is 0 Å². The Morgan fingerprint density at radius 3 is 2.26 bits per heavy atom. The van der Waals surface area contributed by atoms with Crippen LogP contribution in [0.4, 0.5) is 16.2 Å². The summed E-state index contributed by atoms with van der Waals surface area (Å²) in [6, 6.07) is 16.5. The minimum Gasteiger partial charge on any atom is -0.324 e. The van der Waals surface area contributed by atoms with Crippen molar-refractivity contribution in [3.63, 3.8) is 0 Å². The lowest BCUT2D eigenvalue weighted by molar-refractivity contribution is 0.178. The maximum absolute atomic E-state index is 13.3. The molecule has 3 nitrogen and oxygen atoms in total. The SMILES string of the molecule is C[C@H]1CCCN(C(=O)N2c3ccccc3Sc3ccccc32)C1. The molecule has 0 aromatic heterocycles. The Morgan fingerprint density at radius 1 is 1.04 bits per heavy atom. The summed E-state index contributed by atoms with van der Waals surface area (Å²) in [5, 5.41) is 0. The van der Waals surface area contributed by atoms with E-state index in [1.165, 1.54) is 6.42 Å². The van der Waals surface area contributed by atoms with Gasteiger partial charge in [-0.25, -0.2) is 4.79 Å². The van der Waals surface area contributed by atoms with Crippen LogP contribution in [-0.2, 0) is 0 Å². The third-order valence-electron chi connectivity index (χ3n) is 4.55. The lowest BCUT2D eigenvalue weighted by Gasteiger charge is -2.38. The number of piperidine rings is 1. The summed E-state index contributed by atoms with van der Waals surface area (Å²) in [4.78, 5) is 19.5. The molecule has 1 fully saturated rings. The average Bonchev–Trinajstić information content (AvgIpc) is 2.59. The van der Waals surface area contributed by atoms with E-state index in [2.05, 4.69) is 19.1 Å². The zero-order valence-corrected chi connectivity index (χ0v) is 14.1. The topological polar surface area (TPSA) is 23.6 Å². The fraction of sp³-hybridized carbons (Fsp3) is 0.316. The highest BCUT2D eigenvalue weighted by molar-refractivity contribution is 7.99. The van der Waals surface area contributed by atoms with E-state index in [9.17, 15) is 4.79 Å². The van der Waals surface area contributed by atoms with Crippen molar-refractivity contribution in [2.24, 2.45) is 5.92 Å². The Kier molecular flexibility index (Phi) is 3.77. The zero-order chi connectivity index (χ0) is 15.8. The molecule has 1 saturated heterocycles. The Hall–Kier alpha value is -1.94. The molecular weight excluding hydrogens is 304 g/mol. The molecule has 4 heteroatoms. The van der Waals surface area contributed by atoms with Crippen molar-refractivity contribution in [3.8, 4) is 0 Å². The zero-order valence-electron chi connectivity index (χ0n) is 13.2. The number of carbonyl (C=O) groups excluding carboxylic acids is 1. The summed E-state index contributed by atoms with van der Waals surface area (Å²) in [5.74, 6) is 0.581. The van der Waals surface area contributed by atoms with Crippen LogP contribution in [0.2, 0.25) is 0 Å². The Morgan fingerprint density at radius 2 is 1.65 bits per heavy atom. The molecule has 0 radical (unpaired) electrons. The van der Waals surface area contributed by atoms with Crippen LogP contribution in [0, 0.1) is 5.92 Å². The molecule has 118 valence electrons. The number of hydrogen-bond acceptors (Lipinski definition) is 2. The molecule has 0 bridgehead atoms. The number of hydrogen-bond donors (Lipinski definition) is 0. The number of para-hydroxylation sites is 2. The number of anilines is 2. The molecule has 23 heavy (non-hydrogen) atoms. The normalized spacial score (nSPS) is 20.0. The standard InChI is InChI=1S/C19H20N2OS/c1-14-7-6-12-20(13-14)19(22)21-15-8-2-4-10-17(15)23-18-11-5-3-9-16(18)21/h2-5,8-11,14H,6-7,12-13H2,1H3/t14-/m0/s1. The van der Waals surface area contributed by atoms with Gasteiger partial charge in [0.15, 0.2) is 0 Å². The first-order chi connectivity index (χ1) is 11.2. The van der Waals surface area contributed by atoms with Crippen LogP contribution in [0.3, 0.4) is 0 Å². The van der Waals surface area contributed by atoms with E-state index in [-0.39, 0.29) is 6.03 Å². The predicted octanol–water partition coefficient (Wildman–Crippen LogP) is 5.14. The number of amides is 2. The first-order valence-corrected chi connectivity index (χ1v) is 9.00. The van der Waals surface area contributed by atoms with Gasteiger partial charge in [-0.1, -0.05) is 43.0 Å². The monoisotopic (exact) mass is 324 g/mol. The molecule has 0 N–H and O–H groups in total. The van der Waals surface area contributed by atoms with Crippen molar-refractivity contribution in [1.82, 2.24) is 4.90 Å². The third kappa shape index (κ3) is 2.61. The third-order valence-corrected chi connectivity index (χ3v) is 5.68. The lowest BCUT2D eigenvalue weighted by atomic mass is 10.0. The van der Waals surface area contributed by atoms with Gasteiger partial charge in [0.2, 0.25) is 0 Å². The van der Waals surface area contributed by atoms with Gasteiger partial charge >= 0.3 is 6.03 Å². The molecule has 2 aliphatic heterocycles. The first kappa shape index (κ1) is 14.6. The fourth-order valence-corrected chi connectivity index (χ4v) is 4.47. The quantitative estimate of drug-likeness (QED) is 0.670. The van der Waals surface area contributed by atoms with Gasteiger partial charge in [0, 0.05) is 22.9 Å².